The molecule has 56 heavy (non-hydrogen) atoms. The Kier molecular flexibility index (Phi) is 10.7. The zero-order valence-electron chi connectivity index (χ0n) is 29.4. The number of carbonyl (C=O) groups is 1. The normalized spacial score (nSPS) is 23.2. The van der Waals surface area contributed by atoms with Gasteiger partial charge in [0.15, 0.2) is 46.7 Å². The van der Waals surface area contributed by atoms with Crippen LogP contribution < -0.4 is 24.4 Å². The number of aliphatic hydroxyl groups excluding tert-OH is 4. The number of methoxy groups -OCH3 is 1. The van der Waals surface area contributed by atoms with Crippen molar-refractivity contribution in [3.05, 3.63) is 106 Å². The highest BCUT2D eigenvalue weighted by molar-refractivity contribution is 5.87. The zero-order valence-corrected chi connectivity index (χ0v) is 29.4. The molecule has 4 aromatic carbocycles. The molecular weight excluding hydrogens is 736 g/mol. The van der Waals surface area contributed by atoms with E-state index in [4.69, 9.17) is 32.8 Å². The predicted octanol–water partition coefficient (Wildman–Crippen LogP) is 2.90. The summed E-state index contributed by atoms with van der Waals surface area (Å²) in [4.78, 5) is 25.8. The minimum absolute atomic E-state index is 0.0386. The summed E-state index contributed by atoms with van der Waals surface area (Å²) in [6.45, 7) is -1.13. The van der Waals surface area contributed by atoms with E-state index in [-0.39, 0.29) is 52.1 Å². The van der Waals surface area contributed by atoms with Crippen LogP contribution >= 0.6 is 0 Å². The summed E-state index contributed by atoms with van der Waals surface area (Å²) < 4.78 is 40.2. The highest BCUT2D eigenvalue weighted by atomic mass is 16.7. The molecule has 3 heterocycles. The van der Waals surface area contributed by atoms with Gasteiger partial charge in [0.2, 0.25) is 6.29 Å². The number of phenolic OH excluding ortho intramolecular Hbond substituents is 3. The molecule has 0 spiro atoms. The Hall–Kier alpha value is -6.30. The molecule has 2 aliphatic heterocycles. The molecule has 16 nitrogen and oxygen atoms in total. The van der Waals surface area contributed by atoms with E-state index in [2.05, 4.69) is 0 Å². The summed E-state index contributed by atoms with van der Waals surface area (Å²) in [6, 6.07) is 18.8. The molecule has 0 saturated carbocycles. The highest BCUT2D eigenvalue weighted by Crippen LogP contribution is 2.43. The fraction of sp³-hybridized carbons (Fsp3) is 0.250. The molecule has 0 aliphatic carbocycles. The Labute approximate surface area is 317 Å². The van der Waals surface area contributed by atoms with Crippen LogP contribution in [0.2, 0.25) is 0 Å². The second-order valence-electron chi connectivity index (χ2n) is 12.9. The molecule has 0 amide bonds. The van der Waals surface area contributed by atoms with Crippen LogP contribution in [0.1, 0.15) is 17.2 Å². The van der Waals surface area contributed by atoms with Gasteiger partial charge < -0.3 is 68.6 Å². The van der Waals surface area contributed by atoms with Crippen LogP contribution in [-0.2, 0) is 14.3 Å². The summed E-state index contributed by atoms with van der Waals surface area (Å²) >= 11 is 0. The minimum Gasteiger partial charge on any atom is -0.508 e. The maximum Gasteiger partial charge on any atom is 0.331 e. The average Bonchev–Trinajstić information content (AvgIpc) is 3.19. The lowest BCUT2D eigenvalue weighted by atomic mass is 9.99. The number of ether oxygens (including phenoxy) is 6. The van der Waals surface area contributed by atoms with Crippen molar-refractivity contribution in [3.8, 4) is 51.6 Å². The van der Waals surface area contributed by atoms with Crippen molar-refractivity contribution >= 4 is 23.0 Å². The van der Waals surface area contributed by atoms with Crippen molar-refractivity contribution in [3.63, 3.8) is 0 Å². The van der Waals surface area contributed by atoms with Crippen molar-refractivity contribution in [2.24, 2.45) is 0 Å². The Balaban J connectivity index is 1.10. The van der Waals surface area contributed by atoms with Gasteiger partial charge in [-0.3, -0.25) is 4.79 Å². The SMILES string of the molecule is COc1cc([C@H]2Oc3cc(-c4cc(=O)c5c(O)cc(O[C@@H]6O[C@H](CO)[C@@H](OC(=O)C=Cc7ccc(O)cc7)[C@H](O)[C@H]6O)cc5o4)ccc3O[C@@H]2CO)ccc1O. The lowest BCUT2D eigenvalue weighted by Gasteiger charge is -2.41. The van der Waals surface area contributed by atoms with Gasteiger partial charge in [-0.1, -0.05) is 18.2 Å². The molecule has 7 N–H and O–H groups in total. The second kappa shape index (κ2) is 15.8. The third-order valence-corrected chi connectivity index (χ3v) is 9.22. The third kappa shape index (κ3) is 7.64. The van der Waals surface area contributed by atoms with Crippen LogP contribution in [0.15, 0.2) is 94.2 Å². The molecule has 1 saturated heterocycles. The lowest BCUT2D eigenvalue weighted by Crippen LogP contribution is -2.61. The molecule has 1 aromatic heterocycles. The van der Waals surface area contributed by atoms with Gasteiger partial charge in [0.25, 0.3) is 0 Å². The number of esters is 1. The van der Waals surface area contributed by atoms with Gasteiger partial charge in [-0.05, 0) is 54.1 Å². The number of hydrogen-bond donors (Lipinski definition) is 7. The molecular formula is C40H36O16. The predicted molar refractivity (Wildman–Crippen MR) is 195 cm³/mol. The Morgan fingerprint density at radius 2 is 1.59 bits per heavy atom. The number of carbonyl (C=O) groups excluding carboxylic acids is 1. The average molecular weight is 773 g/mol. The first-order valence-electron chi connectivity index (χ1n) is 17.2. The quantitative estimate of drug-likeness (QED) is 0.0797. The van der Waals surface area contributed by atoms with Crippen LogP contribution in [0, 0.1) is 0 Å². The number of aromatic hydroxyl groups is 3. The van der Waals surface area contributed by atoms with Crippen LogP contribution in [0.25, 0.3) is 28.4 Å². The van der Waals surface area contributed by atoms with Gasteiger partial charge in [0.1, 0.15) is 52.3 Å². The first kappa shape index (κ1) is 38.0. The molecule has 1 fully saturated rings. The molecule has 16 heteroatoms. The van der Waals surface area contributed by atoms with Crippen molar-refractivity contribution < 1.29 is 73.4 Å². The second-order valence-corrected chi connectivity index (χ2v) is 12.9. The van der Waals surface area contributed by atoms with Gasteiger partial charge in [-0.2, -0.15) is 0 Å². The monoisotopic (exact) mass is 772 g/mol. The molecule has 0 bridgehead atoms. The summed E-state index contributed by atoms with van der Waals surface area (Å²) in [6.07, 6.45) is -7.24. The number of phenols is 3. The molecule has 7 rings (SSSR count). The van der Waals surface area contributed by atoms with Gasteiger partial charge in [0.05, 0.1) is 20.3 Å². The van der Waals surface area contributed by atoms with E-state index < -0.39 is 66.7 Å². The standard InChI is InChI=1S/C40H36O16/c1-50-29-13-21(5-9-24(29)44)38-32(17-41)52-27-10-6-20(12-30(27)54-38)28-16-26(46)35-25(45)14-23(15-31(35)53-28)51-40-37(49)36(48)39(33(18-42)55-40)56-34(47)11-4-19-2-7-22(43)8-3-19/h2-16,32-33,36-45,48-49H,17-18H2,1H3/t32-,33-,36-,37-,38-,39-,40-/m1/s1. The van der Waals surface area contributed by atoms with Crippen LogP contribution in [-0.4, -0.2) is 98.8 Å². The number of rotatable bonds is 10. The van der Waals surface area contributed by atoms with Crippen LogP contribution in [0.5, 0.6) is 40.2 Å². The van der Waals surface area contributed by atoms with Crippen LogP contribution in [0.3, 0.4) is 0 Å². The van der Waals surface area contributed by atoms with Crippen molar-refractivity contribution in [1.29, 1.82) is 0 Å². The van der Waals surface area contributed by atoms with E-state index in [0.717, 1.165) is 12.1 Å². The van der Waals surface area contributed by atoms with E-state index >= 15 is 0 Å². The van der Waals surface area contributed by atoms with Gasteiger partial charge in [-0.25, -0.2) is 4.79 Å². The fourth-order valence-corrected chi connectivity index (χ4v) is 6.38. The van der Waals surface area contributed by atoms with Crippen molar-refractivity contribution in [1.82, 2.24) is 0 Å². The Morgan fingerprint density at radius 3 is 2.32 bits per heavy atom. The molecule has 292 valence electrons. The van der Waals surface area contributed by atoms with E-state index in [1.54, 1.807) is 42.5 Å². The summed E-state index contributed by atoms with van der Waals surface area (Å²) in [5.41, 5.74) is 0.765. The lowest BCUT2D eigenvalue weighted by molar-refractivity contribution is -0.280. The van der Waals surface area contributed by atoms with E-state index in [1.807, 2.05) is 0 Å². The van der Waals surface area contributed by atoms with Gasteiger partial charge in [0, 0.05) is 35.4 Å². The molecule has 7 atom stereocenters. The van der Waals surface area contributed by atoms with Crippen LogP contribution in [0.4, 0.5) is 0 Å². The Morgan fingerprint density at radius 1 is 0.821 bits per heavy atom. The first-order valence-corrected chi connectivity index (χ1v) is 17.2. The molecule has 0 unspecified atom stereocenters. The van der Waals surface area contributed by atoms with E-state index in [9.17, 15) is 45.3 Å². The molecule has 0 radical (unpaired) electrons. The first-order chi connectivity index (χ1) is 27.0. The minimum atomic E-state index is -1.82. The number of hydrogen-bond acceptors (Lipinski definition) is 16. The number of benzene rings is 4. The highest BCUT2D eigenvalue weighted by Gasteiger charge is 2.47. The maximum atomic E-state index is 13.3. The number of aliphatic hydroxyl groups is 4. The Bertz CT molecular complexity index is 2320. The van der Waals surface area contributed by atoms with Gasteiger partial charge in [-0.15, -0.1) is 0 Å². The van der Waals surface area contributed by atoms with Gasteiger partial charge >= 0.3 is 5.97 Å². The van der Waals surface area contributed by atoms with E-state index in [1.165, 1.54) is 43.5 Å². The smallest absolute Gasteiger partial charge is 0.331 e. The van der Waals surface area contributed by atoms with E-state index in [0.29, 0.717) is 22.4 Å². The van der Waals surface area contributed by atoms with Crippen molar-refractivity contribution in [2.45, 2.75) is 42.9 Å². The molecule has 2 aliphatic rings. The van der Waals surface area contributed by atoms with Crippen molar-refractivity contribution in [2.75, 3.05) is 20.3 Å². The zero-order chi connectivity index (χ0) is 39.7. The third-order valence-electron chi connectivity index (χ3n) is 9.22. The molecule has 5 aromatic rings. The maximum absolute atomic E-state index is 13.3. The summed E-state index contributed by atoms with van der Waals surface area (Å²) in [7, 11) is 1.40. The number of fused-ring (bicyclic) bond motifs is 2. The largest absolute Gasteiger partial charge is 0.508 e. The summed E-state index contributed by atoms with van der Waals surface area (Å²) in [5.74, 6) is -0.816. The fourth-order valence-electron chi connectivity index (χ4n) is 6.38. The topological polar surface area (TPSA) is 244 Å². The summed E-state index contributed by atoms with van der Waals surface area (Å²) in [5, 5.41) is 72.0.